The number of ether oxygens (including phenoxy) is 3. The van der Waals surface area contributed by atoms with Gasteiger partial charge in [0.25, 0.3) is 0 Å². The summed E-state index contributed by atoms with van der Waals surface area (Å²) in [6.45, 7) is 0. The Morgan fingerprint density at radius 1 is 0.957 bits per heavy atom. The summed E-state index contributed by atoms with van der Waals surface area (Å²) < 4.78 is 15.5. The van der Waals surface area contributed by atoms with Crippen molar-refractivity contribution in [2.45, 2.75) is 0 Å². The Morgan fingerprint density at radius 2 is 1.65 bits per heavy atom. The maximum Gasteiger partial charge on any atom is 0.193 e. The summed E-state index contributed by atoms with van der Waals surface area (Å²) in [7, 11) is 4.55. The Hall–Kier alpha value is -2.95. The summed E-state index contributed by atoms with van der Waals surface area (Å²) >= 11 is 0. The Bertz CT molecular complexity index is 734. The third-order valence-electron chi connectivity index (χ3n) is 3.31. The molecular weight excluding hydrogens is 296 g/mol. The largest absolute Gasteiger partial charge is 0.507 e. The molecule has 0 aromatic heterocycles. The quantitative estimate of drug-likeness (QED) is 0.654. The number of hydrogen-bond donors (Lipinski definition) is 1. The minimum absolute atomic E-state index is 0.119. The van der Waals surface area contributed by atoms with Gasteiger partial charge in [-0.2, -0.15) is 0 Å². The summed E-state index contributed by atoms with van der Waals surface area (Å²) in [6.07, 6.45) is 3.01. The van der Waals surface area contributed by atoms with Crippen LogP contribution in [-0.4, -0.2) is 32.2 Å². The van der Waals surface area contributed by atoms with Gasteiger partial charge in [0.2, 0.25) is 0 Å². The smallest absolute Gasteiger partial charge is 0.193 e. The van der Waals surface area contributed by atoms with Crippen LogP contribution < -0.4 is 14.2 Å². The molecule has 23 heavy (non-hydrogen) atoms. The highest BCUT2D eigenvalue weighted by atomic mass is 16.5. The molecule has 0 bridgehead atoms. The first-order valence-corrected chi connectivity index (χ1v) is 6.91. The first-order chi connectivity index (χ1) is 11.1. The Morgan fingerprint density at radius 3 is 2.30 bits per heavy atom. The SMILES string of the molecule is COc1ccc(C=CC(=O)c2c(O)cccc2OC)cc1OC. The Kier molecular flexibility index (Phi) is 5.25. The molecule has 0 aliphatic rings. The van der Waals surface area contributed by atoms with Gasteiger partial charge in [-0.1, -0.05) is 18.2 Å². The second-order valence-electron chi connectivity index (χ2n) is 4.67. The number of aromatic hydroxyl groups is 1. The van der Waals surface area contributed by atoms with Gasteiger partial charge in [0, 0.05) is 0 Å². The fraction of sp³-hybridized carbons (Fsp3) is 0.167. The van der Waals surface area contributed by atoms with Crippen LogP contribution in [0.15, 0.2) is 42.5 Å². The van der Waals surface area contributed by atoms with Crippen LogP contribution in [0.25, 0.3) is 6.08 Å². The number of allylic oxidation sites excluding steroid dienone is 1. The number of ketones is 1. The Balaban J connectivity index is 2.29. The number of carbonyl (C=O) groups is 1. The summed E-state index contributed by atoms with van der Waals surface area (Å²) in [5, 5.41) is 9.87. The lowest BCUT2D eigenvalue weighted by molar-refractivity contribution is 0.104. The van der Waals surface area contributed by atoms with Gasteiger partial charge in [0.05, 0.1) is 21.3 Å². The van der Waals surface area contributed by atoms with E-state index in [1.165, 1.54) is 19.3 Å². The number of phenolic OH excluding ortho intramolecular Hbond substituents is 1. The molecule has 0 saturated heterocycles. The molecular formula is C18H18O5. The highest BCUT2D eigenvalue weighted by molar-refractivity contribution is 6.10. The molecule has 120 valence electrons. The molecule has 5 nitrogen and oxygen atoms in total. The Labute approximate surface area is 134 Å². The standard InChI is InChI=1S/C18H18O5/c1-21-15-10-8-12(11-17(15)23-3)7-9-14(20)18-13(19)5-4-6-16(18)22-2/h4-11,19H,1-3H3. The number of methoxy groups -OCH3 is 3. The van der Waals surface area contributed by atoms with Crippen LogP contribution in [0.5, 0.6) is 23.0 Å². The highest BCUT2D eigenvalue weighted by Crippen LogP contribution is 2.30. The van der Waals surface area contributed by atoms with Crippen LogP contribution >= 0.6 is 0 Å². The zero-order chi connectivity index (χ0) is 16.8. The van der Waals surface area contributed by atoms with Crippen molar-refractivity contribution in [1.82, 2.24) is 0 Å². The highest BCUT2D eigenvalue weighted by Gasteiger charge is 2.14. The zero-order valence-electron chi connectivity index (χ0n) is 13.2. The van der Waals surface area contributed by atoms with E-state index in [4.69, 9.17) is 14.2 Å². The van der Waals surface area contributed by atoms with Crippen LogP contribution in [0, 0.1) is 0 Å². The van der Waals surface area contributed by atoms with Gasteiger partial charge in [0.1, 0.15) is 17.1 Å². The van der Waals surface area contributed by atoms with E-state index >= 15 is 0 Å². The van der Waals surface area contributed by atoms with Gasteiger partial charge in [-0.25, -0.2) is 0 Å². The third kappa shape index (κ3) is 3.63. The number of phenols is 1. The normalized spacial score (nSPS) is 10.6. The average Bonchev–Trinajstić information content (AvgIpc) is 2.58. The van der Waals surface area contributed by atoms with Crippen LogP contribution in [0.1, 0.15) is 15.9 Å². The van der Waals surface area contributed by atoms with Gasteiger partial charge in [0.15, 0.2) is 17.3 Å². The number of benzene rings is 2. The molecule has 0 spiro atoms. The van der Waals surface area contributed by atoms with Gasteiger partial charge in [-0.15, -0.1) is 0 Å². The first kappa shape index (κ1) is 16.4. The molecule has 0 amide bonds. The van der Waals surface area contributed by atoms with Gasteiger partial charge in [-0.05, 0) is 35.9 Å². The molecule has 0 aliphatic carbocycles. The predicted octanol–water partition coefficient (Wildman–Crippen LogP) is 3.31. The van der Waals surface area contributed by atoms with Crippen LogP contribution in [-0.2, 0) is 0 Å². The zero-order valence-corrected chi connectivity index (χ0v) is 13.2. The number of carbonyl (C=O) groups excluding carboxylic acids is 1. The lowest BCUT2D eigenvalue weighted by atomic mass is 10.1. The molecule has 0 saturated carbocycles. The number of rotatable bonds is 6. The van der Waals surface area contributed by atoms with Crippen LogP contribution in [0.3, 0.4) is 0 Å². The average molecular weight is 314 g/mol. The minimum atomic E-state index is -0.352. The van der Waals surface area contributed by atoms with Crippen molar-refractivity contribution in [1.29, 1.82) is 0 Å². The lowest BCUT2D eigenvalue weighted by Crippen LogP contribution is -1.99. The van der Waals surface area contributed by atoms with Crippen molar-refractivity contribution in [2.24, 2.45) is 0 Å². The van der Waals surface area contributed by atoms with E-state index in [0.29, 0.717) is 17.2 Å². The van der Waals surface area contributed by atoms with Crippen molar-refractivity contribution >= 4 is 11.9 Å². The molecule has 2 aromatic rings. The van der Waals surface area contributed by atoms with Crippen molar-refractivity contribution in [3.8, 4) is 23.0 Å². The molecule has 0 fully saturated rings. The minimum Gasteiger partial charge on any atom is -0.507 e. The van der Waals surface area contributed by atoms with Crippen molar-refractivity contribution in [3.63, 3.8) is 0 Å². The van der Waals surface area contributed by atoms with E-state index in [1.807, 2.05) is 0 Å². The second-order valence-corrected chi connectivity index (χ2v) is 4.67. The summed E-state index contributed by atoms with van der Waals surface area (Å²) in [4.78, 5) is 12.3. The maximum absolute atomic E-state index is 12.3. The van der Waals surface area contributed by atoms with E-state index < -0.39 is 0 Å². The molecule has 2 aromatic carbocycles. The van der Waals surface area contributed by atoms with Crippen molar-refractivity contribution in [3.05, 3.63) is 53.6 Å². The second kappa shape index (κ2) is 7.35. The molecule has 5 heteroatoms. The van der Waals surface area contributed by atoms with E-state index in [9.17, 15) is 9.90 Å². The van der Waals surface area contributed by atoms with E-state index in [0.717, 1.165) is 5.56 Å². The lowest BCUT2D eigenvalue weighted by Gasteiger charge is -2.08. The summed E-state index contributed by atoms with van der Waals surface area (Å²) in [6, 6.07) is 9.99. The van der Waals surface area contributed by atoms with Gasteiger partial charge < -0.3 is 19.3 Å². The topological polar surface area (TPSA) is 65.0 Å². The van der Waals surface area contributed by atoms with Gasteiger partial charge >= 0.3 is 0 Å². The van der Waals surface area contributed by atoms with E-state index in [1.54, 1.807) is 50.6 Å². The number of hydrogen-bond acceptors (Lipinski definition) is 5. The summed E-state index contributed by atoms with van der Waals surface area (Å²) in [5.41, 5.74) is 0.900. The molecule has 0 unspecified atom stereocenters. The van der Waals surface area contributed by atoms with Crippen LogP contribution in [0.4, 0.5) is 0 Å². The fourth-order valence-corrected chi connectivity index (χ4v) is 2.15. The molecule has 0 heterocycles. The molecule has 2 rings (SSSR count). The molecule has 0 atom stereocenters. The summed E-state index contributed by atoms with van der Waals surface area (Å²) in [5.74, 6) is 1.04. The predicted molar refractivity (Wildman–Crippen MR) is 87.6 cm³/mol. The molecule has 0 aliphatic heterocycles. The van der Waals surface area contributed by atoms with Gasteiger partial charge in [-0.3, -0.25) is 4.79 Å². The van der Waals surface area contributed by atoms with E-state index in [2.05, 4.69) is 0 Å². The fourth-order valence-electron chi connectivity index (χ4n) is 2.15. The monoisotopic (exact) mass is 314 g/mol. The van der Waals surface area contributed by atoms with E-state index in [-0.39, 0.29) is 17.1 Å². The molecule has 1 N–H and O–H groups in total. The maximum atomic E-state index is 12.3. The first-order valence-electron chi connectivity index (χ1n) is 6.91. The van der Waals surface area contributed by atoms with Crippen molar-refractivity contribution in [2.75, 3.05) is 21.3 Å². The third-order valence-corrected chi connectivity index (χ3v) is 3.31. The molecule has 0 radical (unpaired) electrons. The van der Waals surface area contributed by atoms with Crippen molar-refractivity contribution < 1.29 is 24.1 Å². The van der Waals surface area contributed by atoms with Crippen LogP contribution in [0.2, 0.25) is 0 Å².